The number of pyridine rings is 2. The number of furan rings is 1. The fourth-order valence-electron chi connectivity index (χ4n) is 3.83. The minimum Gasteiger partial charge on any atom is -0.459 e. The third kappa shape index (κ3) is 4.04. The van der Waals surface area contributed by atoms with Crippen molar-refractivity contribution in [3.8, 4) is 34.0 Å². The molecule has 1 amide bonds. The summed E-state index contributed by atoms with van der Waals surface area (Å²) >= 11 is 0. The van der Waals surface area contributed by atoms with E-state index in [-0.39, 0.29) is 11.9 Å². The molecule has 0 aliphatic rings. The Morgan fingerprint density at radius 3 is 2.46 bits per heavy atom. The second kappa shape index (κ2) is 8.68. The van der Waals surface area contributed by atoms with Crippen LogP contribution < -0.4 is 5.32 Å². The van der Waals surface area contributed by atoms with Gasteiger partial charge in [-0.05, 0) is 53.6 Å². The molecule has 0 bridgehead atoms. The number of hydrogen-bond donors (Lipinski definition) is 1. The van der Waals surface area contributed by atoms with Gasteiger partial charge in [-0.1, -0.05) is 41.5 Å². The van der Waals surface area contributed by atoms with Crippen molar-refractivity contribution in [2.45, 2.75) is 0 Å². The van der Waals surface area contributed by atoms with E-state index >= 15 is 0 Å². The first-order chi connectivity index (χ1) is 17.2. The summed E-state index contributed by atoms with van der Waals surface area (Å²) in [4.78, 5) is 22.4. The third-order valence-electron chi connectivity index (χ3n) is 5.51. The zero-order chi connectivity index (χ0) is 23.6. The first kappa shape index (κ1) is 20.5. The predicted molar refractivity (Wildman–Crippen MR) is 130 cm³/mol. The van der Waals surface area contributed by atoms with E-state index in [9.17, 15) is 4.79 Å². The van der Waals surface area contributed by atoms with E-state index in [4.69, 9.17) is 13.8 Å². The first-order valence-corrected chi connectivity index (χ1v) is 10.8. The summed E-state index contributed by atoms with van der Waals surface area (Å²) < 4.78 is 10.8. The van der Waals surface area contributed by atoms with Crippen LogP contribution in [0, 0.1) is 0 Å². The molecule has 8 nitrogen and oxygen atoms in total. The topological polar surface area (TPSA) is 107 Å². The van der Waals surface area contributed by atoms with Crippen molar-refractivity contribution < 1.29 is 13.6 Å². The van der Waals surface area contributed by atoms with Gasteiger partial charge in [0.05, 0.1) is 23.0 Å². The summed E-state index contributed by atoms with van der Waals surface area (Å²) in [7, 11) is 0. The first-order valence-electron chi connectivity index (χ1n) is 10.8. The van der Waals surface area contributed by atoms with Crippen molar-refractivity contribution in [1.82, 2.24) is 20.2 Å². The molecule has 0 aliphatic carbocycles. The molecular weight excluding hydrogens is 442 g/mol. The SMILES string of the molecule is O=C(Nc1nnc(-c2ccco2)o1)c1cc(-c2ccccc2)nc2ccc(-c3ccncc3)cc12. The van der Waals surface area contributed by atoms with Gasteiger partial charge in [0, 0.05) is 23.3 Å². The number of benzene rings is 2. The number of rotatable bonds is 5. The van der Waals surface area contributed by atoms with Crippen LogP contribution >= 0.6 is 0 Å². The van der Waals surface area contributed by atoms with Crippen molar-refractivity contribution >= 4 is 22.8 Å². The van der Waals surface area contributed by atoms with Gasteiger partial charge >= 0.3 is 6.01 Å². The highest BCUT2D eigenvalue weighted by molar-refractivity contribution is 6.13. The van der Waals surface area contributed by atoms with Crippen molar-refractivity contribution in [3.63, 3.8) is 0 Å². The molecule has 168 valence electrons. The number of carbonyl (C=O) groups excluding carboxylic acids is 1. The number of fused-ring (bicyclic) bond motifs is 1. The van der Waals surface area contributed by atoms with Crippen LogP contribution in [0.15, 0.2) is 106 Å². The van der Waals surface area contributed by atoms with Gasteiger partial charge in [-0.15, -0.1) is 5.10 Å². The summed E-state index contributed by atoms with van der Waals surface area (Å²) in [5, 5.41) is 11.3. The Labute approximate surface area is 199 Å². The molecule has 0 unspecified atom stereocenters. The summed E-state index contributed by atoms with van der Waals surface area (Å²) in [5.41, 5.74) is 4.64. The molecule has 35 heavy (non-hydrogen) atoms. The summed E-state index contributed by atoms with van der Waals surface area (Å²) in [6, 6.07) is 24.5. The van der Waals surface area contributed by atoms with E-state index in [0.717, 1.165) is 16.7 Å². The van der Waals surface area contributed by atoms with E-state index in [1.54, 1.807) is 30.6 Å². The quantitative estimate of drug-likeness (QED) is 0.344. The fraction of sp³-hybridized carbons (Fsp3) is 0. The number of anilines is 1. The molecule has 0 fully saturated rings. The van der Waals surface area contributed by atoms with Crippen LogP contribution in [0.3, 0.4) is 0 Å². The van der Waals surface area contributed by atoms with Crippen molar-refractivity contribution in [3.05, 3.63) is 103 Å². The zero-order valence-corrected chi connectivity index (χ0v) is 18.3. The monoisotopic (exact) mass is 459 g/mol. The molecule has 0 aliphatic heterocycles. The van der Waals surface area contributed by atoms with Crippen LogP contribution in [0.4, 0.5) is 6.01 Å². The Kier molecular flexibility index (Phi) is 5.08. The molecular formula is C27H17N5O3. The van der Waals surface area contributed by atoms with Gasteiger partial charge in [-0.3, -0.25) is 15.1 Å². The largest absolute Gasteiger partial charge is 0.459 e. The van der Waals surface area contributed by atoms with Crippen LogP contribution in [0.5, 0.6) is 0 Å². The molecule has 0 saturated carbocycles. The Morgan fingerprint density at radius 1 is 0.800 bits per heavy atom. The molecule has 0 saturated heterocycles. The normalized spacial score (nSPS) is 11.0. The molecule has 0 spiro atoms. The van der Waals surface area contributed by atoms with E-state index in [2.05, 4.69) is 20.5 Å². The van der Waals surface area contributed by atoms with Crippen LogP contribution in [0.25, 0.3) is 44.9 Å². The molecule has 0 radical (unpaired) electrons. The third-order valence-corrected chi connectivity index (χ3v) is 5.51. The number of hydrogen-bond acceptors (Lipinski definition) is 7. The molecule has 0 atom stereocenters. The van der Waals surface area contributed by atoms with Crippen molar-refractivity contribution in [1.29, 1.82) is 0 Å². The Bertz CT molecular complexity index is 1630. The molecule has 6 aromatic rings. The van der Waals surface area contributed by atoms with E-state index < -0.39 is 5.91 Å². The smallest absolute Gasteiger partial charge is 0.322 e. The Morgan fingerprint density at radius 2 is 1.66 bits per heavy atom. The average molecular weight is 459 g/mol. The van der Waals surface area contributed by atoms with Crippen LogP contribution in [0.1, 0.15) is 10.4 Å². The molecule has 4 heterocycles. The van der Waals surface area contributed by atoms with Gasteiger partial charge in [0.2, 0.25) is 0 Å². The fourth-order valence-corrected chi connectivity index (χ4v) is 3.83. The van der Waals surface area contributed by atoms with Crippen LogP contribution in [-0.4, -0.2) is 26.1 Å². The van der Waals surface area contributed by atoms with E-state index in [1.807, 2.05) is 60.7 Å². The van der Waals surface area contributed by atoms with Gasteiger partial charge in [0.15, 0.2) is 5.76 Å². The van der Waals surface area contributed by atoms with Gasteiger partial charge < -0.3 is 8.83 Å². The lowest BCUT2D eigenvalue weighted by atomic mass is 9.99. The summed E-state index contributed by atoms with van der Waals surface area (Å²) in [5.74, 6) is 0.201. The van der Waals surface area contributed by atoms with Gasteiger partial charge in [-0.25, -0.2) is 4.98 Å². The highest BCUT2D eigenvalue weighted by atomic mass is 16.4. The Balaban J connectivity index is 1.44. The average Bonchev–Trinajstić information content (AvgIpc) is 3.61. The lowest BCUT2D eigenvalue weighted by Crippen LogP contribution is -2.13. The second-order valence-electron chi connectivity index (χ2n) is 7.73. The highest BCUT2D eigenvalue weighted by Crippen LogP contribution is 2.30. The van der Waals surface area contributed by atoms with E-state index in [1.165, 1.54) is 6.26 Å². The molecule has 6 rings (SSSR count). The maximum Gasteiger partial charge on any atom is 0.322 e. The molecule has 1 N–H and O–H groups in total. The van der Waals surface area contributed by atoms with Gasteiger partial charge in [0.25, 0.3) is 11.8 Å². The maximum atomic E-state index is 13.5. The Hall–Kier alpha value is -5.11. The molecule has 8 heteroatoms. The van der Waals surface area contributed by atoms with Gasteiger partial charge in [-0.2, -0.15) is 0 Å². The number of aromatic nitrogens is 4. The second-order valence-corrected chi connectivity index (χ2v) is 7.73. The van der Waals surface area contributed by atoms with Crippen LogP contribution in [-0.2, 0) is 0 Å². The number of amides is 1. The van der Waals surface area contributed by atoms with Crippen molar-refractivity contribution in [2.24, 2.45) is 0 Å². The summed E-state index contributed by atoms with van der Waals surface area (Å²) in [6.45, 7) is 0. The minimum absolute atomic E-state index is 0.0297. The maximum absolute atomic E-state index is 13.5. The highest BCUT2D eigenvalue weighted by Gasteiger charge is 2.18. The lowest BCUT2D eigenvalue weighted by Gasteiger charge is -2.11. The van der Waals surface area contributed by atoms with Gasteiger partial charge in [0.1, 0.15) is 0 Å². The minimum atomic E-state index is -0.392. The summed E-state index contributed by atoms with van der Waals surface area (Å²) in [6.07, 6.45) is 4.97. The lowest BCUT2D eigenvalue weighted by molar-refractivity contribution is 0.102. The number of carbonyl (C=O) groups is 1. The van der Waals surface area contributed by atoms with Crippen molar-refractivity contribution in [2.75, 3.05) is 5.32 Å². The van der Waals surface area contributed by atoms with E-state index in [0.29, 0.717) is 27.9 Å². The zero-order valence-electron chi connectivity index (χ0n) is 18.3. The standard InChI is InChI=1S/C27H17N5O3/c33-25(30-27-32-31-26(35-27)24-7-4-14-34-24)21-16-23(18-5-2-1-3-6-18)29-22-9-8-19(15-20(21)22)17-10-12-28-13-11-17/h1-16H,(H,30,32,33). The molecule has 2 aromatic carbocycles. The van der Waals surface area contributed by atoms with Crippen LogP contribution in [0.2, 0.25) is 0 Å². The molecule has 4 aromatic heterocycles. The number of nitrogens with zero attached hydrogens (tertiary/aromatic N) is 4. The number of nitrogens with one attached hydrogen (secondary N) is 1. The predicted octanol–water partition coefficient (Wildman–Crippen LogP) is 5.86.